The molecule has 0 aromatic heterocycles. The van der Waals surface area contributed by atoms with Crippen LogP contribution >= 0.6 is 0 Å². The van der Waals surface area contributed by atoms with Gasteiger partial charge in [-0.05, 0) is 49.7 Å². The molecule has 1 amide bonds. The predicted octanol–water partition coefficient (Wildman–Crippen LogP) is 2.68. The summed E-state index contributed by atoms with van der Waals surface area (Å²) in [5, 5.41) is 5.55. The maximum absolute atomic E-state index is 13.4. The first kappa shape index (κ1) is 13.5. The molecule has 2 fully saturated rings. The first-order valence-electron chi connectivity index (χ1n) is 7.12. The molecule has 5 heteroatoms. The summed E-state index contributed by atoms with van der Waals surface area (Å²) in [6.45, 7) is 0.103. The minimum absolute atomic E-state index is 0.103. The minimum Gasteiger partial charge on any atom is -0.320 e. The second kappa shape index (κ2) is 5.48. The fourth-order valence-corrected chi connectivity index (χ4v) is 2.64. The van der Waals surface area contributed by atoms with E-state index in [1.165, 1.54) is 31.7 Å². The third-order valence-electron chi connectivity index (χ3n) is 3.99. The van der Waals surface area contributed by atoms with Crippen LogP contribution in [0.1, 0.15) is 25.7 Å². The number of para-hydroxylation sites is 1. The number of carbonyl (C=O) groups is 1. The third-order valence-corrected chi connectivity index (χ3v) is 3.99. The minimum atomic E-state index is -0.751. The largest absolute Gasteiger partial charge is 0.320 e. The summed E-state index contributed by atoms with van der Waals surface area (Å²) in [5.41, 5.74) is -0.367. The standard InChI is InChI=1S/C15H18F2N2O/c16-11-2-1-3-12(17)15(11)19-13(20)8-18-14(9-4-5-9)10-6-7-10/h1-3,9-10,14,18H,4-8H2,(H,19,20). The molecule has 0 unspecified atom stereocenters. The lowest BCUT2D eigenvalue weighted by molar-refractivity contribution is -0.115. The molecule has 2 N–H and O–H groups in total. The van der Waals surface area contributed by atoms with E-state index < -0.39 is 17.5 Å². The van der Waals surface area contributed by atoms with Gasteiger partial charge in [0.15, 0.2) is 0 Å². The predicted molar refractivity (Wildman–Crippen MR) is 72.2 cm³/mol. The van der Waals surface area contributed by atoms with Crippen molar-refractivity contribution in [1.82, 2.24) is 5.32 Å². The number of rotatable bonds is 6. The Labute approximate surface area is 116 Å². The molecule has 0 bridgehead atoms. The van der Waals surface area contributed by atoms with Crippen LogP contribution < -0.4 is 10.6 Å². The zero-order chi connectivity index (χ0) is 14.1. The van der Waals surface area contributed by atoms with Crippen molar-refractivity contribution in [2.75, 3.05) is 11.9 Å². The summed E-state index contributed by atoms with van der Waals surface area (Å²) in [5.74, 6) is -0.542. The molecule has 0 radical (unpaired) electrons. The second-order valence-corrected chi connectivity index (χ2v) is 5.73. The number of halogens is 2. The summed E-state index contributed by atoms with van der Waals surface area (Å²) in [6.07, 6.45) is 4.88. The summed E-state index contributed by atoms with van der Waals surface area (Å²) in [6, 6.07) is 3.92. The van der Waals surface area contributed by atoms with Crippen LogP contribution in [0.25, 0.3) is 0 Å². The molecular weight excluding hydrogens is 262 g/mol. The van der Waals surface area contributed by atoms with E-state index in [0.29, 0.717) is 17.9 Å². The molecule has 108 valence electrons. The fraction of sp³-hybridized carbons (Fsp3) is 0.533. The number of carbonyl (C=O) groups excluding carboxylic acids is 1. The highest BCUT2D eigenvalue weighted by molar-refractivity contribution is 5.92. The fourth-order valence-electron chi connectivity index (χ4n) is 2.64. The van der Waals surface area contributed by atoms with Crippen LogP contribution in [0.4, 0.5) is 14.5 Å². The van der Waals surface area contributed by atoms with Gasteiger partial charge >= 0.3 is 0 Å². The van der Waals surface area contributed by atoms with E-state index in [1.807, 2.05) is 0 Å². The normalized spacial score (nSPS) is 18.4. The summed E-state index contributed by atoms with van der Waals surface area (Å²) >= 11 is 0. The van der Waals surface area contributed by atoms with Crippen LogP contribution in [0.15, 0.2) is 18.2 Å². The number of benzene rings is 1. The smallest absolute Gasteiger partial charge is 0.238 e. The van der Waals surface area contributed by atoms with Crippen molar-refractivity contribution in [2.45, 2.75) is 31.7 Å². The lowest BCUT2D eigenvalue weighted by atomic mass is 10.1. The van der Waals surface area contributed by atoms with E-state index in [9.17, 15) is 13.6 Å². The molecule has 0 aliphatic heterocycles. The molecule has 0 heterocycles. The number of amides is 1. The summed E-state index contributed by atoms with van der Waals surface area (Å²) < 4.78 is 26.8. The Bertz CT molecular complexity index is 480. The van der Waals surface area contributed by atoms with Crippen molar-refractivity contribution in [1.29, 1.82) is 0 Å². The van der Waals surface area contributed by atoms with Crippen molar-refractivity contribution in [2.24, 2.45) is 11.8 Å². The first-order valence-corrected chi connectivity index (χ1v) is 7.12. The lowest BCUT2D eigenvalue weighted by Gasteiger charge is -2.17. The molecule has 2 aliphatic carbocycles. The average Bonchev–Trinajstić information content (AvgIpc) is 3.25. The van der Waals surface area contributed by atoms with Gasteiger partial charge in [-0.1, -0.05) is 6.07 Å². The van der Waals surface area contributed by atoms with Gasteiger partial charge in [-0.2, -0.15) is 0 Å². The van der Waals surface area contributed by atoms with E-state index in [4.69, 9.17) is 0 Å². The van der Waals surface area contributed by atoms with E-state index >= 15 is 0 Å². The van der Waals surface area contributed by atoms with Gasteiger partial charge in [0.05, 0.1) is 6.54 Å². The van der Waals surface area contributed by atoms with Crippen molar-refractivity contribution in [3.8, 4) is 0 Å². The number of anilines is 1. The molecule has 0 atom stereocenters. The van der Waals surface area contributed by atoms with E-state index in [2.05, 4.69) is 10.6 Å². The monoisotopic (exact) mass is 280 g/mol. The molecular formula is C15H18F2N2O. The van der Waals surface area contributed by atoms with E-state index in [0.717, 1.165) is 12.1 Å². The molecule has 2 saturated carbocycles. The third kappa shape index (κ3) is 3.15. The zero-order valence-corrected chi connectivity index (χ0v) is 11.2. The van der Waals surface area contributed by atoms with Gasteiger partial charge < -0.3 is 10.6 Å². The molecule has 0 spiro atoms. The number of hydrogen-bond acceptors (Lipinski definition) is 2. The molecule has 0 saturated heterocycles. The van der Waals surface area contributed by atoms with Gasteiger partial charge in [-0.25, -0.2) is 8.78 Å². The van der Waals surface area contributed by atoms with Crippen LogP contribution in [-0.4, -0.2) is 18.5 Å². The van der Waals surface area contributed by atoms with Crippen molar-refractivity contribution in [3.63, 3.8) is 0 Å². The molecule has 20 heavy (non-hydrogen) atoms. The van der Waals surface area contributed by atoms with Gasteiger partial charge in [-0.3, -0.25) is 4.79 Å². The highest BCUT2D eigenvalue weighted by Crippen LogP contribution is 2.44. The molecule has 1 aromatic rings. The Hall–Kier alpha value is -1.49. The quantitative estimate of drug-likeness (QED) is 0.841. The Morgan fingerprint density at radius 1 is 1.15 bits per heavy atom. The maximum atomic E-state index is 13.4. The van der Waals surface area contributed by atoms with Gasteiger partial charge in [0.25, 0.3) is 0 Å². The molecule has 3 nitrogen and oxygen atoms in total. The van der Waals surface area contributed by atoms with Crippen LogP contribution in [0.5, 0.6) is 0 Å². The summed E-state index contributed by atoms with van der Waals surface area (Å²) in [4.78, 5) is 11.8. The average molecular weight is 280 g/mol. The van der Waals surface area contributed by atoms with Crippen molar-refractivity contribution in [3.05, 3.63) is 29.8 Å². The lowest BCUT2D eigenvalue weighted by Crippen LogP contribution is -2.39. The van der Waals surface area contributed by atoms with Gasteiger partial charge in [0.1, 0.15) is 17.3 Å². The highest BCUT2D eigenvalue weighted by atomic mass is 19.1. The first-order chi connectivity index (χ1) is 9.65. The number of nitrogens with one attached hydrogen (secondary N) is 2. The van der Waals surface area contributed by atoms with Gasteiger partial charge in [-0.15, -0.1) is 0 Å². The Morgan fingerprint density at radius 3 is 2.20 bits per heavy atom. The van der Waals surface area contributed by atoms with Gasteiger partial charge in [0, 0.05) is 6.04 Å². The maximum Gasteiger partial charge on any atom is 0.238 e. The molecule has 1 aromatic carbocycles. The van der Waals surface area contributed by atoms with Crippen molar-refractivity contribution >= 4 is 11.6 Å². The highest BCUT2D eigenvalue weighted by Gasteiger charge is 2.41. The van der Waals surface area contributed by atoms with Gasteiger partial charge in [0.2, 0.25) is 5.91 Å². The van der Waals surface area contributed by atoms with Crippen LogP contribution in [-0.2, 0) is 4.79 Å². The summed E-state index contributed by atoms with van der Waals surface area (Å²) in [7, 11) is 0. The van der Waals surface area contributed by atoms with E-state index in [-0.39, 0.29) is 12.2 Å². The van der Waals surface area contributed by atoms with E-state index in [1.54, 1.807) is 0 Å². The van der Waals surface area contributed by atoms with Crippen LogP contribution in [0, 0.1) is 23.5 Å². The van der Waals surface area contributed by atoms with Crippen LogP contribution in [0.2, 0.25) is 0 Å². The Morgan fingerprint density at radius 2 is 1.70 bits per heavy atom. The Balaban J connectivity index is 1.54. The molecule has 2 aliphatic rings. The second-order valence-electron chi connectivity index (χ2n) is 5.73. The zero-order valence-electron chi connectivity index (χ0n) is 11.2. The topological polar surface area (TPSA) is 41.1 Å². The number of hydrogen-bond donors (Lipinski definition) is 2. The SMILES string of the molecule is O=C(CNC(C1CC1)C1CC1)Nc1c(F)cccc1F. The van der Waals surface area contributed by atoms with Crippen molar-refractivity contribution < 1.29 is 13.6 Å². The Kier molecular flexibility index (Phi) is 3.70. The molecule has 3 rings (SSSR count). The van der Waals surface area contributed by atoms with Crippen LogP contribution in [0.3, 0.4) is 0 Å².